The van der Waals surface area contributed by atoms with Gasteiger partial charge >= 0.3 is 0 Å². The Morgan fingerprint density at radius 1 is 1.17 bits per heavy atom. The molecule has 0 bridgehead atoms. The number of hydrogen-bond donors (Lipinski definition) is 1. The van der Waals surface area contributed by atoms with Gasteiger partial charge in [-0.25, -0.2) is 4.39 Å². The first-order valence-corrected chi connectivity index (χ1v) is 8.22. The molecule has 5 nitrogen and oxygen atoms in total. The second-order valence-corrected chi connectivity index (χ2v) is 6.64. The van der Waals surface area contributed by atoms with Crippen molar-refractivity contribution in [1.82, 2.24) is 15.1 Å². The van der Waals surface area contributed by atoms with Gasteiger partial charge in [0, 0.05) is 25.7 Å². The summed E-state index contributed by atoms with van der Waals surface area (Å²) < 4.78 is 13.2. The zero-order valence-corrected chi connectivity index (χ0v) is 12.9. The Balaban J connectivity index is 1.42. The third-order valence-corrected chi connectivity index (χ3v) is 5.17. The Bertz CT molecular complexity index is 620. The Morgan fingerprint density at radius 2 is 2.00 bits per heavy atom. The maximum atomic E-state index is 13.2. The Hall–Kier alpha value is -1.95. The molecule has 0 unspecified atom stereocenters. The van der Waals surface area contributed by atoms with Crippen LogP contribution < -0.4 is 5.32 Å². The van der Waals surface area contributed by atoms with Crippen molar-refractivity contribution in [3.63, 3.8) is 0 Å². The van der Waals surface area contributed by atoms with Crippen LogP contribution in [0.3, 0.4) is 0 Å². The molecule has 122 valence electrons. The first kappa shape index (κ1) is 14.6. The van der Waals surface area contributed by atoms with Gasteiger partial charge in [-0.2, -0.15) is 0 Å². The van der Waals surface area contributed by atoms with Gasteiger partial charge in [-0.05, 0) is 37.0 Å². The number of piperazine rings is 1. The van der Waals surface area contributed by atoms with E-state index >= 15 is 0 Å². The van der Waals surface area contributed by atoms with E-state index in [1.54, 1.807) is 15.9 Å². The van der Waals surface area contributed by atoms with Crippen LogP contribution in [0.2, 0.25) is 0 Å². The number of carbonyl (C=O) groups excluding carboxylic acids is 2. The summed E-state index contributed by atoms with van der Waals surface area (Å²) in [6, 6.07) is 6.00. The molecule has 3 heterocycles. The number of carbonyl (C=O) groups is 2. The van der Waals surface area contributed by atoms with Crippen LogP contribution in [0.1, 0.15) is 24.8 Å². The molecule has 0 saturated carbocycles. The molecule has 3 saturated heterocycles. The Morgan fingerprint density at radius 3 is 2.83 bits per heavy atom. The van der Waals surface area contributed by atoms with Gasteiger partial charge in [-0.15, -0.1) is 0 Å². The summed E-state index contributed by atoms with van der Waals surface area (Å²) in [5.74, 6) is -0.0524. The molecule has 0 aromatic heterocycles. The van der Waals surface area contributed by atoms with Crippen molar-refractivity contribution in [3.05, 3.63) is 35.6 Å². The van der Waals surface area contributed by atoms with Crippen molar-refractivity contribution >= 4 is 11.8 Å². The minimum atomic E-state index is -0.318. The molecule has 3 aliphatic heterocycles. The van der Waals surface area contributed by atoms with Crippen molar-refractivity contribution < 1.29 is 14.0 Å². The molecule has 6 heteroatoms. The fraction of sp³-hybridized carbons (Fsp3) is 0.529. The van der Waals surface area contributed by atoms with E-state index < -0.39 is 0 Å². The third-order valence-electron chi connectivity index (χ3n) is 5.17. The zero-order chi connectivity index (χ0) is 16.0. The van der Waals surface area contributed by atoms with Crippen LogP contribution in [0.5, 0.6) is 0 Å². The lowest BCUT2D eigenvalue weighted by Gasteiger charge is -2.38. The number of benzene rings is 1. The molecule has 1 N–H and O–H groups in total. The van der Waals surface area contributed by atoms with Crippen LogP contribution in [0.4, 0.5) is 4.39 Å². The summed E-state index contributed by atoms with van der Waals surface area (Å²) in [7, 11) is 0. The molecule has 0 aliphatic carbocycles. The van der Waals surface area contributed by atoms with Crippen molar-refractivity contribution in [3.8, 4) is 0 Å². The standard InChI is InChI=1S/C17H20FN3O2/c18-12-4-1-3-11(7-12)9-19-13-8-15-17(23)20-6-2-5-14(20)16(22)21(15)10-13/h1,3-4,7,13-15,19H,2,5-6,8-10H2/t13-,14+,15-/m0/s1. The molecule has 0 radical (unpaired) electrons. The van der Waals surface area contributed by atoms with Crippen molar-refractivity contribution in [2.75, 3.05) is 13.1 Å². The SMILES string of the molecule is O=C1[C@@H]2C[C@H](NCc3cccc(F)c3)CN2C(=O)[C@H]2CCCN12. The van der Waals surface area contributed by atoms with Crippen LogP contribution in [0.15, 0.2) is 24.3 Å². The number of amides is 2. The number of nitrogens with zero attached hydrogens (tertiary/aromatic N) is 2. The van der Waals surface area contributed by atoms with E-state index in [0.29, 0.717) is 26.1 Å². The summed E-state index contributed by atoms with van der Waals surface area (Å²) in [6.07, 6.45) is 2.35. The summed E-state index contributed by atoms with van der Waals surface area (Å²) in [6.45, 7) is 1.81. The van der Waals surface area contributed by atoms with E-state index in [-0.39, 0.29) is 35.8 Å². The molecule has 1 aromatic carbocycles. The van der Waals surface area contributed by atoms with Crippen molar-refractivity contribution in [1.29, 1.82) is 0 Å². The molecule has 4 rings (SSSR count). The van der Waals surface area contributed by atoms with Crippen LogP contribution in [-0.4, -0.2) is 52.8 Å². The fourth-order valence-corrected chi connectivity index (χ4v) is 4.04. The molecule has 0 spiro atoms. The predicted molar refractivity (Wildman–Crippen MR) is 81.9 cm³/mol. The highest BCUT2D eigenvalue weighted by atomic mass is 19.1. The number of rotatable bonds is 3. The molecule has 3 fully saturated rings. The average molecular weight is 317 g/mol. The summed E-state index contributed by atoms with van der Waals surface area (Å²) in [5.41, 5.74) is 0.869. The van der Waals surface area contributed by atoms with Gasteiger partial charge in [0.15, 0.2) is 0 Å². The van der Waals surface area contributed by atoms with Crippen LogP contribution in [0.25, 0.3) is 0 Å². The molecular formula is C17H20FN3O2. The highest BCUT2D eigenvalue weighted by Crippen LogP contribution is 2.32. The maximum absolute atomic E-state index is 13.2. The molecule has 3 aliphatic rings. The first-order valence-electron chi connectivity index (χ1n) is 8.22. The normalized spacial score (nSPS) is 29.9. The van der Waals surface area contributed by atoms with E-state index in [4.69, 9.17) is 0 Å². The highest BCUT2D eigenvalue weighted by Gasteiger charge is 2.51. The average Bonchev–Trinajstić information content (AvgIpc) is 3.18. The summed E-state index contributed by atoms with van der Waals surface area (Å²) >= 11 is 0. The highest BCUT2D eigenvalue weighted by molar-refractivity contribution is 5.98. The first-order chi connectivity index (χ1) is 11.1. The van der Waals surface area contributed by atoms with Gasteiger partial charge in [0.1, 0.15) is 17.9 Å². The largest absolute Gasteiger partial charge is 0.329 e. The van der Waals surface area contributed by atoms with Crippen molar-refractivity contribution in [2.45, 2.75) is 43.9 Å². The molecule has 2 amide bonds. The van der Waals surface area contributed by atoms with E-state index in [2.05, 4.69) is 5.32 Å². The number of hydrogen-bond acceptors (Lipinski definition) is 3. The monoisotopic (exact) mass is 317 g/mol. The van der Waals surface area contributed by atoms with E-state index in [0.717, 1.165) is 18.4 Å². The zero-order valence-electron chi connectivity index (χ0n) is 12.9. The fourth-order valence-electron chi connectivity index (χ4n) is 4.04. The van der Waals surface area contributed by atoms with Gasteiger partial charge in [0.2, 0.25) is 11.8 Å². The topological polar surface area (TPSA) is 52.7 Å². The second-order valence-electron chi connectivity index (χ2n) is 6.64. The molecular weight excluding hydrogens is 297 g/mol. The van der Waals surface area contributed by atoms with Gasteiger partial charge < -0.3 is 15.1 Å². The van der Waals surface area contributed by atoms with Crippen molar-refractivity contribution in [2.24, 2.45) is 0 Å². The minimum Gasteiger partial charge on any atom is -0.329 e. The van der Waals surface area contributed by atoms with Crippen LogP contribution in [0, 0.1) is 5.82 Å². The minimum absolute atomic E-state index is 0.0798. The van der Waals surface area contributed by atoms with Gasteiger partial charge in [0.05, 0.1) is 0 Å². The number of nitrogens with one attached hydrogen (secondary N) is 1. The lowest BCUT2D eigenvalue weighted by molar-refractivity contribution is -0.156. The number of fused-ring (bicyclic) bond motifs is 2. The van der Waals surface area contributed by atoms with Gasteiger partial charge in [-0.1, -0.05) is 12.1 Å². The summed E-state index contributed by atoms with van der Waals surface area (Å²) in [5, 5.41) is 3.36. The smallest absolute Gasteiger partial charge is 0.246 e. The lowest BCUT2D eigenvalue weighted by atomic mass is 10.1. The summed E-state index contributed by atoms with van der Waals surface area (Å²) in [4.78, 5) is 28.6. The second kappa shape index (κ2) is 5.60. The Labute approximate surface area is 134 Å². The molecule has 23 heavy (non-hydrogen) atoms. The van der Waals surface area contributed by atoms with E-state index in [1.165, 1.54) is 12.1 Å². The molecule has 1 aromatic rings. The Kier molecular flexibility index (Phi) is 3.56. The van der Waals surface area contributed by atoms with Gasteiger partial charge in [0.25, 0.3) is 0 Å². The van der Waals surface area contributed by atoms with Gasteiger partial charge in [-0.3, -0.25) is 9.59 Å². The molecule has 3 atom stereocenters. The third kappa shape index (κ3) is 2.51. The van der Waals surface area contributed by atoms with Crippen LogP contribution in [-0.2, 0) is 16.1 Å². The lowest BCUT2D eigenvalue weighted by Crippen LogP contribution is -2.60. The van der Waals surface area contributed by atoms with E-state index in [1.807, 2.05) is 6.07 Å². The van der Waals surface area contributed by atoms with Crippen LogP contribution >= 0.6 is 0 Å². The predicted octanol–water partition coefficient (Wildman–Crippen LogP) is 0.889. The number of halogens is 1. The maximum Gasteiger partial charge on any atom is 0.246 e. The quantitative estimate of drug-likeness (QED) is 0.901. The van der Waals surface area contributed by atoms with E-state index in [9.17, 15) is 14.0 Å².